The summed E-state index contributed by atoms with van der Waals surface area (Å²) < 4.78 is 1.68. The average molecular weight is 413 g/mol. The number of aromatic hydroxyl groups is 1. The molecule has 0 amide bonds. The maximum atomic E-state index is 11.1. The molecule has 0 aliphatic carbocycles. The van der Waals surface area contributed by atoms with Gasteiger partial charge in [0.05, 0.1) is 0 Å². The third-order valence-electron chi connectivity index (χ3n) is 4.59. The highest BCUT2D eigenvalue weighted by Gasteiger charge is 2.23. The van der Waals surface area contributed by atoms with Crippen LogP contribution in [-0.4, -0.2) is 56.5 Å². The average Bonchev–Trinajstić information content (AvgIpc) is 2.64. The Balaban J connectivity index is 2.94. The zero-order chi connectivity index (χ0) is 22.1. The van der Waals surface area contributed by atoms with Crippen LogP contribution in [0, 0.1) is 0 Å². The number of carbonyl (C=O) groups is 3. The zero-order valence-corrected chi connectivity index (χ0v) is 16.0. The van der Waals surface area contributed by atoms with Crippen molar-refractivity contribution >= 4 is 17.9 Å². The van der Waals surface area contributed by atoms with E-state index in [0.29, 0.717) is 36.9 Å². The van der Waals surface area contributed by atoms with E-state index in [1.165, 1.54) is 6.20 Å². The van der Waals surface area contributed by atoms with Crippen LogP contribution in [-0.2, 0) is 33.8 Å². The van der Waals surface area contributed by atoms with Gasteiger partial charge >= 0.3 is 17.9 Å². The Labute approximate surface area is 167 Å². The molecule has 0 aliphatic heterocycles. The van der Waals surface area contributed by atoms with Gasteiger partial charge in [-0.25, -0.2) is 4.57 Å². The molecule has 0 aliphatic rings. The summed E-state index contributed by atoms with van der Waals surface area (Å²) in [6.07, 6.45) is 4.80. The lowest BCUT2D eigenvalue weighted by Gasteiger charge is -2.14. The van der Waals surface area contributed by atoms with Crippen LogP contribution in [0.25, 0.3) is 0 Å². The number of pyridine rings is 1. The molecule has 0 saturated carbocycles. The molecule has 0 saturated heterocycles. The van der Waals surface area contributed by atoms with Gasteiger partial charge in [-0.2, -0.15) is 0 Å². The summed E-state index contributed by atoms with van der Waals surface area (Å²) in [5, 5.41) is 37.2. The number of carboxylic acid groups (broad SMARTS) is 3. The number of carboxylic acids is 3. The second kappa shape index (κ2) is 11.3. The highest BCUT2D eigenvalue weighted by atomic mass is 16.4. The third kappa shape index (κ3) is 8.02. The van der Waals surface area contributed by atoms with Gasteiger partial charge in [0.15, 0.2) is 11.9 Å². The monoisotopic (exact) mass is 413 g/mol. The van der Waals surface area contributed by atoms with Gasteiger partial charge in [-0.3, -0.25) is 14.4 Å². The predicted molar refractivity (Wildman–Crippen MR) is 101 cm³/mol. The van der Waals surface area contributed by atoms with Crippen LogP contribution < -0.4 is 21.8 Å². The second-order valence-electron chi connectivity index (χ2n) is 6.96. The maximum Gasteiger partial charge on any atom is 0.320 e. The Morgan fingerprint density at radius 2 is 1.41 bits per heavy atom. The van der Waals surface area contributed by atoms with Crippen molar-refractivity contribution in [3.63, 3.8) is 0 Å². The minimum atomic E-state index is -1.22. The fourth-order valence-corrected chi connectivity index (χ4v) is 2.82. The summed E-state index contributed by atoms with van der Waals surface area (Å²) >= 11 is 0. The molecule has 29 heavy (non-hydrogen) atoms. The maximum absolute atomic E-state index is 11.1. The van der Waals surface area contributed by atoms with E-state index in [2.05, 4.69) is 0 Å². The standard InChI is InChI=1S/C18H28N4O7/c19-12(16(24)25)3-1-2-6-22-8-10(4-5-13(20)17(26)27)11(15(23)9-22)7-14(21)18(28)29/h8-9,12-14H,1-7,19-21H2,(H3-,23,24,25,26,27,28,29)/p+1/t12-,13-,14-/m0/s1. The number of aromatic nitrogens is 1. The van der Waals surface area contributed by atoms with E-state index in [1.807, 2.05) is 0 Å². The molecule has 1 rings (SSSR count). The lowest BCUT2D eigenvalue weighted by atomic mass is 9.96. The van der Waals surface area contributed by atoms with E-state index in [4.69, 9.17) is 32.5 Å². The predicted octanol–water partition coefficient (Wildman–Crippen LogP) is -1.44. The molecule has 11 nitrogen and oxygen atoms in total. The van der Waals surface area contributed by atoms with E-state index >= 15 is 0 Å². The summed E-state index contributed by atoms with van der Waals surface area (Å²) in [6, 6.07) is -3.24. The fraction of sp³-hybridized carbons (Fsp3) is 0.556. The number of rotatable bonds is 13. The summed E-state index contributed by atoms with van der Waals surface area (Å²) in [6.45, 7) is 0.461. The topological polar surface area (TPSA) is 214 Å². The fourth-order valence-electron chi connectivity index (χ4n) is 2.82. The van der Waals surface area contributed by atoms with Gasteiger partial charge in [-0.05, 0) is 25.7 Å². The van der Waals surface area contributed by atoms with Crippen LogP contribution >= 0.6 is 0 Å². The van der Waals surface area contributed by atoms with Crippen LogP contribution in [0.2, 0.25) is 0 Å². The number of aliphatic carboxylic acids is 3. The Hall–Kier alpha value is -2.76. The minimum Gasteiger partial charge on any atom is -0.503 e. The molecule has 0 fully saturated rings. The van der Waals surface area contributed by atoms with Crippen molar-refractivity contribution in [1.82, 2.24) is 0 Å². The van der Waals surface area contributed by atoms with Gasteiger partial charge < -0.3 is 37.6 Å². The normalized spacial score (nSPS) is 14.2. The van der Waals surface area contributed by atoms with Gasteiger partial charge in [0, 0.05) is 24.0 Å². The van der Waals surface area contributed by atoms with Crippen LogP contribution in [0.1, 0.15) is 36.8 Å². The van der Waals surface area contributed by atoms with Crippen molar-refractivity contribution in [2.45, 2.75) is 63.2 Å². The first-order valence-corrected chi connectivity index (χ1v) is 9.21. The first-order valence-electron chi connectivity index (χ1n) is 9.21. The summed E-state index contributed by atoms with van der Waals surface area (Å²) in [7, 11) is 0. The molecule has 0 spiro atoms. The van der Waals surface area contributed by atoms with Gasteiger partial charge in [0.25, 0.3) is 0 Å². The van der Waals surface area contributed by atoms with E-state index in [9.17, 15) is 19.5 Å². The van der Waals surface area contributed by atoms with E-state index in [1.54, 1.807) is 10.8 Å². The molecule has 1 heterocycles. The largest absolute Gasteiger partial charge is 0.503 e. The van der Waals surface area contributed by atoms with Crippen molar-refractivity contribution in [3.8, 4) is 5.75 Å². The summed E-state index contributed by atoms with van der Waals surface area (Å²) in [5.41, 5.74) is 17.5. The molecule has 11 heteroatoms. The Bertz CT molecular complexity index is 741. The Morgan fingerprint density at radius 3 is 1.97 bits per heavy atom. The van der Waals surface area contributed by atoms with Crippen molar-refractivity contribution in [3.05, 3.63) is 23.5 Å². The molecule has 162 valence electrons. The molecular weight excluding hydrogens is 384 g/mol. The molecule has 0 unspecified atom stereocenters. The molecule has 3 atom stereocenters. The number of hydrogen-bond acceptors (Lipinski definition) is 7. The highest BCUT2D eigenvalue weighted by molar-refractivity contribution is 5.74. The highest BCUT2D eigenvalue weighted by Crippen LogP contribution is 2.22. The number of nitrogens with zero attached hydrogens (tertiary/aromatic N) is 1. The quantitative estimate of drug-likeness (QED) is 0.148. The smallest absolute Gasteiger partial charge is 0.320 e. The van der Waals surface area contributed by atoms with E-state index in [-0.39, 0.29) is 25.0 Å². The molecular formula is C18H29N4O7+. The summed E-state index contributed by atoms with van der Waals surface area (Å²) in [5.74, 6) is -3.59. The lowest BCUT2D eigenvalue weighted by Crippen LogP contribution is -2.37. The first kappa shape index (κ1) is 24.3. The van der Waals surface area contributed by atoms with Crippen LogP contribution in [0.15, 0.2) is 12.4 Å². The van der Waals surface area contributed by atoms with Gasteiger partial charge in [0.2, 0.25) is 6.20 Å². The first-order chi connectivity index (χ1) is 13.5. The molecule has 0 aromatic carbocycles. The van der Waals surface area contributed by atoms with E-state index in [0.717, 1.165) is 0 Å². The van der Waals surface area contributed by atoms with Crippen LogP contribution in [0.3, 0.4) is 0 Å². The molecule has 1 aromatic rings. The number of aryl methyl sites for hydroxylation is 2. The SMILES string of the molecule is N[C@@H](CCCC[n+]1cc(O)c(C[C@H](N)C(=O)O)c(CC[C@H](N)C(=O)O)c1)C(=O)O. The minimum absolute atomic E-state index is 0.0988. The van der Waals surface area contributed by atoms with Crippen molar-refractivity contribution in [1.29, 1.82) is 0 Å². The van der Waals surface area contributed by atoms with Crippen molar-refractivity contribution in [2.75, 3.05) is 0 Å². The van der Waals surface area contributed by atoms with Gasteiger partial charge in [0.1, 0.15) is 24.7 Å². The Morgan fingerprint density at radius 1 is 0.862 bits per heavy atom. The van der Waals surface area contributed by atoms with Gasteiger partial charge in [-0.15, -0.1) is 0 Å². The van der Waals surface area contributed by atoms with Crippen molar-refractivity contribution in [2.24, 2.45) is 17.2 Å². The van der Waals surface area contributed by atoms with Crippen LogP contribution in [0.4, 0.5) is 0 Å². The zero-order valence-electron chi connectivity index (χ0n) is 16.0. The summed E-state index contributed by atoms with van der Waals surface area (Å²) in [4.78, 5) is 32.8. The second-order valence-corrected chi connectivity index (χ2v) is 6.96. The molecule has 10 N–H and O–H groups in total. The number of hydrogen-bond donors (Lipinski definition) is 7. The van der Waals surface area contributed by atoms with E-state index < -0.39 is 36.0 Å². The van der Waals surface area contributed by atoms with Crippen LogP contribution in [0.5, 0.6) is 5.75 Å². The Kier molecular flexibility index (Phi) is 9.45. The number of unbranched alkanes of at least 4 members (excludes halogenated alkanes) is 1. The number of nitrogens with two attached hydrogens (primary N) is 3. The molecule has 1 aromatic heterocycles. The lowest BCUT2D eigenvalue weighted by molar-refractivity contribution is -0.698. The molecule has 0 radical (unpaired) electrons. The van der Waals surface area contributed by atoms with Crippen molar-refractivity contribution < 1.29 is 39.4 Å². The third-order valence-corrected chi connectivity index (χ3v) is 4.59. The molecule has 0 bridgehead atoms. The van der Waals surface area contributed by atoms with Gasteiger partial charge in [-0.1, -0.05) is 0 Å².